The zero-order valence-corrected chi connectivity index (χ0v) is 26.3. The molecule has 0 saturated carbocycles. The van der Waals surface area contributed by atoms with Crippen LogP contribution in [0.4, 0.5) is 11.4 Å². The minimum Gasteiger partial charge on any atom is -0.493 e. The van der Waals surface area contributed by atoms with E-state index in [-0.39, 0.29) is 17.9 Å². The van der Waals surface area contributed by atoms with Gasteiger partial charge in [0.2, 0.25) is 0 Å². The third-order valence-electron chi connectivity index (χ3n) is 8.24. The van der Waals surface area contributed by atoms with Gasteiger partial charge in [0.05, 0.1) is 62.5 Å². The monoisotopic (exact) mass is 628 g/mol. The maximum atomic E-state index is 13.6. The number of methoxy groups -OCH3 is 2. The summed E-state index contributed by atoms with van der Waals surface area (Å²) in [4.78, 5) is 39.5. The van der Waals surface area contributed by atoms with Crippen LogP contribution in [0.5, 0.6) is 23.0 Å². The highest BCUT2D eigenvalue weighted by Gasteiger charge is 2.32. The van der Waals surface area contributed by atoms with Crippen molar-refractivity contribution in [1.29, 1.82) is 0 Å². The molecule has 3 aromatic carbocycles. The molecule has 10 nitrogen and oxygen atoms in total. The minimum absolute atomic E-state index is 0.0319. The van der Waals surface area contributed by atoms with Gasteiger partial charge in [-0.2, -0.15) is 12.6 Å². The van der Waals surface area contributed by atoms with Crippen molar-refractivity contribution >= 4 is 48.2 Å². The quantitative estimate of drug-likeness (QED) is 0.217. The molecular weight excluding hydrogens is 592 g/mol. The zero-order valence-electron chi connectivity index (χ0n) is 25.4. The highest BCUT2D eigenvalue weighted by atomic mass is 32.1. The minimum atomic E-state index is -0.129. The van der Waals surface area contributed by atoms with Crippen molar-refractivity contribution in [3.05, 3.63) is 70.8 Å². The average molecular weight is 629 g/mol. The summed E-state index contributed by atoms with van der Waals surface area (Å²) in [5.41, 5.74) is 4.22. The van der Waals surface area contributed by atoms with Crippen molar-refractivity contribution < 1.29 is 28.5 Å². The van der Waals surface area contributed by atoms with E-state index < -0.39 is 0 Å². The Morgan fingerprint density at radius 2 is 1.49 bits per heavy atom. The highest BCUT2D eigenvalue weighted by molar-refractivity contribution is 7.79. The second kappa shape index (κ2) is 13.6. The number of aliphatic imine (C=N–C) groups is 2. The third kappa shape index (κ3) is 6.35. The Bertz CT molecular complexity index is 1660. The summed E-state index contributed by atoms with van der Waals surface area (Å²) < 4.78 is 23.3. The Labute approximate surface area is 268 Å². The van der Waals surface area contributed by atoms with Gasteiger partial charge < -0.3 is 28.7 Å². The fraction of sp³-hybridized carbons (Fsp3) is 0.353. The normalized spacial score (nSPS) is 16.9. The van der Waals surface area contributed by atoms with E-state index in [1.165, 1.54) is 0 Å². The summed E-state index contributed by atoms with van der Waals surface area (Å²) in [7, 11) is 3.10. The molecule has 0 bridgehead atoms. The maximum Gasteiger partial charge on any atom is 0.256 e. The second-order valence-electron chi connectivity index (χ2n) is 11.0. The van der Waals surface area contributed by atoms with Crippen molar-refractivity contribution in [1.82, 2.24) is 9.80 Å². The fourth-order valence-corrected chi connectivity index (χ4v) is 6.15. The first-order chi connectivity index (χ1) is 22.0. The number of nitrogens with zero attached hydrogens (tertiary/aromatic N) is 4. The van der Waals surface area contributed by atoms with Crippen LogP contribution in [-0.4, -0.2) is 80.6 Å². The number of ether oxygens (including phenoxy) is 4. The van der Waals surface area contributed by atoms with Crippen molar-refractivity contribution in [2.75, 3.05) is 40.5 Å². The van der Waals surface area contributed by atoms with Crippen LogP contribution in [0.1, 0.15) is 51.1 Å². The van der Waals surface area contributed by atoms with E-state index in [0.29, 0.717) is 84.0 Å². The summed E-state index contributed by atoms with van der Waals surface area (Å²) in [6.45, 7) is 2.25. The van der Waals surface area contributed by atoms with Gasteiger partial charge in [0.15, 0.2) is 23.0 Å². The predicted octanol–water partition coefficient (Wildman–Crippen LogP) is 5.66. The molecule has 11 heteroatoms. The summed E-state index contributed by atoms with van der Waals surface area (Å²) in [5.74, 6) is 2.37. The van der Waals surface area contributed by atoms with Crippen LogP contribution in [0.15, 0.2) is 58.5 Å². The van der Waals surface area contributed by atoms with E-state index in [2.05, 4.69) is 22.6 Å². The van der Waals surface area contributed by atoms with Crippen molar-refractivity contribution in [2.24, 2.45) is 9.98 Å². The van der Waals surface area contributed by atoms with Gasteiger partial charge in [0.25, 0.3) is 11.8 Å². The molecule has 0 aromatic heterocycles. The van der Waals surface area contributed by atoms with Gasteiger partial charge in [0, 0.05) is 49.8 Å². The van der Waals surface area contributed by atoms with E-state index in [1.54, 1.807) is 49.6 Å². The van der Waals surface area contributed by atoms with E-state index in [0.717, 1.165) is 30.5 Å². The van der Waals surface area contributed by atoms with Crippen molar-refractivity contribution in [2.45, 2.75) is 37.6 Å². The number of rotatable bonds is 11. The molecule has 0 N–H and O–H groups in total. The largest absolute Gasteiger partial charge is 0.493 e. The van der Waals surface area contributed by atoms with Crippen LogP contribution >= 0.6 is 12.6 Å². The summed E-state index contributed by atoms with van der Waals surface area (Å²) >= 11 is 4.44. The number of fused-ring (bicyclic) bond motifs is 3. The first-order valence-electron chi connectivity index (χ1n) is 15.0. The molecule has 0 spiro atoms. The molecule has 6 rings (SSSR count). The highest BCUT2D eigenvalue weighted by Crippen LogP contribution is 2.39. The summed E-state index contributed by atoms with van der Waals surface area (Å²) in [5, 5.41) is 0. The Hall–Kier alpha value is -4.51. The van der Waals surface area contributed by atoms with Gasteiger partial charge >= 0.3 is 0 Å². The Kier molecular flexibility index (Phi) is 9.25. The van der Waals surface area contributed by atoms with Gasteiger partial charge in [-0.15, -0.1) is 0 Å². The summed E-state index contributed by atoms with van der Waals surface area (Å²) in [6.07, 6.45) is 6.05. The smallest absolute Gasteiger partial charge is 0.256 e. The lowest BCUT2D eigenvalue weighted by molar-refractivity contribution is 0.0765. The predicted molar refractivity (Wildman–Crippen MR) is 176 cm³/mol. The van der Waals surface area contributed by atoms with Crippen LogP contribution in [-0.2, 0) is 12.3 Å². The van der Waals surface area contributed by atoms with Crippen molar-refractivity contribution in [3.63, 3.8) is 0 Å². The molecule has 0 unspecified atom stereocenters. The number of benzene rings is 3. The van der Waals surface area contributed by atoms with E-state index in [1.807, 2.05) is 35.4 Å². The molecule has 0 aliphatic carbocycles. The van der Waals surface area contributed by atoms with Crippen molar-refractivity contribution in [3.8, 4) is 23.0 Å². The molecular formula is C34H36N4O6S. The molecule has 3 aliphatic rings. The molecule has 1 fully saturated rings. The molecule has 1 atom stereocenters. The van der Waals surface area contributed by atoms with Gasteiger partial charge in [-0.3, -0.25) is 19.6 Å². The number of carbonyl (C=O) groups excluding carboxylic acids is 2. The molecule has 1 saturated heterocycles. The van der Waals surface area contributed by atoms with E-state index >= 15 is 0 Å². The molecule has 3 heterocycles. The Morgan fingerprint density at radius 1 is 0.844 bits per heavy atom. The first kappa shape index (κ1) is 30.5. The molecule has 3 aliphatic heterocycles. The lowest BCUT2D eigenvalue weighted by Gasteiger charge is -2.22. The molecule has 45 heavy (non-hydrogen) atoms. The van der Waals surface area contributed by atoms with Crippen LogP contribution in [0.3, 0.4) is 0 Å². The SMILES string of the molecule is COc1cc2c(cc1OCCCOc1cc3c(cc1OC)C(=O)N1CCC[C@H]1C=N3)N=CCN(Cc1ccccc1CS)C2=O. The van der Waals surface area contributed by atoms with Gasteiger partial charge in [0.1, 0.15) is 0 Å². The van der Waals surface area contributed by atoms with Gasteiger partial charge in [-0.05, 0) is 36.1 Å². The number of carbonyl (C=O) groups is 2. The molecule has 234 valence electrons. The fourth-order valence-electron chi connectivity index (χ4n) is 5.84. The topological polar surface area (TPSA) is 102 Å². The maximum absolute atomic E-state index is 13.6. The second-order valence-corrected chi connectivity index (χ2v) is 11.3. The first-order valence-corrected chi connectivity index (χ1v) is 15.7. The standard InChI is InChI=1S/C34H36N4O6S/c1-41-29-15-25-27(35-10-12-37(33(25)39)20-22-7-3-4-8-23(22)21-45)17-31(29)43-13-6-14-44-32-18-28-26(16-30(32)42-2)34(40)38-11-5-9-24(38)19-36-28/h3-4,7-8,10,15-19,24,45H,5-6,9,11-14,20-21H2,1-2H3/t24-/m0/s1. The number of hydrogen-bond donors (Lipinski definition) is 1. The van der Waals surface area contributed by atoms with Crippen LogP contribution in [0.2, 0.25) is 0 Å². The number of hydrogen-bond acceptors (Lipinski definition) is 9. The average Bonchev–Trinajstić information content (AvgIpc) is 3.44. The van der Waals surface area contributed by atoms with E-state index in [9.17, 15) is 9.59 Å². The van der Waals surface area contributed by atoms with Crippen LogP contribution in [0.25, 0.3) is 0 Å². The van der Waals surface area contributed by atoms with Crippen LogP contribution < -0.4 is 18.9 Å². The van der Waals surface area contributed by atoms with E-state index in [4.69, 9.17) is 18.9 Å². The number of amides is 2. The Balaban J connectivity index is 1.10. The zero-order chi connectivity index (χ0) is 31.3. The lowest BCUT2D eigenvalue weighted by Crippen LogP contribution is -2.35. The molecule has 0 radical (unpaired) electrons. The summed E-state index contributed by atoms with van der Waals surface area (Å²) in [6, 6.07) is 14.9. The molecule has 2 amide bonds. The van der Waals surface area contributed by atoms with Gasteiger partial charge in [-0.25, -0.2) is 0 Å². The number of thiol groups is 1. The van der Waals surface area contributed by atoms with Crippen LogP contribution in [0, 0.1) is 0 Å². The lowest BCUT2D eigenvalue weighted by atomic mass is 10.1. The van der Waals surface area contributed by atoms with Gasteiger partial charge in [-0.1, -0.05) is 24.3 Å². The molecule has 3 aromatic rings. The Morgan fingerprint density at radius 3 is 2.16 bits per heavy atom. The third-order valence-corrected chi connectivity index (χ3v) is 8.58.